The fourth-order valence-electron chi connectivity index (χ4n) is 1.50. The Morgan fingerprint density at radius 2 is 2.29 bits per heavy atom. The maximum Gasteiger partial charge on any atom is 0.199 e. The van der Waals surface area contributed by atoms with Crippen molar-refractivity contribution in [1.29, 1.82) is 0 Å². The minimum Gasteiger partial charge on any atom is -0.465 e. The summed E-state index contributed by atoms with van der Waals surface area (Å²) in [6, 6.07) is 6.14. The minimum atomic E-state index is -0.279. The van der Waals surface area contributed by atoms with Crippen molar-refractivity contribution >= 4 is 0 Å². The monoisotopic (exact) mass is 196 g/mol. The van der Waals surface area contributed by atoms with E-state index in [2.05, 4.69) is 0 Å². The Kier molecular flexibility index (Phi) is 2.99. The van der Waals surface area contributed by atoms with Crippen LogP contribution in [0.1, 0.15) is 19.3 Å². The lowest BCUT2D eigenvalue weighted by atomic mass is 10.2. The predicted octanol–water partition coefficient (Wildman–Crippen LogP) is 2.73. The highest BCUT2D eigenvalue weighted by Gasteiger charge is 2.14. The zero-order valence-electron chi connectivity index (χ0n) is 7.91. The lowest BCUT2D eigenvalue weighted by Crippen LogP contribution is -2.24. The van der Waals surface area contributed by atoms with Crippen LogP contribution in [0, 0.1) is 5.82 Å². The van der Waals surface area contributed by atoms with Gasteiger partial charge in [0.2, 0.25) is 0 Å². The quantitative estimate of drug-likeness (QED) is 0.724. The summed E-state index contributed by atoms with van der Waals surface area (Å²) in [4.78, 5) is 0. The van der Waals surface area contributed by atoms with Gasteiger partial charge in [0.05, 0.1) is 6.61 Å². The van der Waals surface area contributed by atoms with Crippen LogP contribution in [0.5, 0.6) is 5.75 Å². The van der Waals surface area contributed by atoms with E-state index in [0.717, 1.165) is 25.9 Å². The molecule has 1 aliphatic heterocycles. The molecule has 1 fully saturated rings. The summed E-state index contributed by atoms with van der Waals surface area (Å²) in [6.45, 7) is 0.736. The number of ether oxygens (including phenoxy) is 2. The predicted molar refractivity (Wildman–Crippen MR) is 50.6 cm³/mol. The summed E-state index contributed by atoms with van der Waals surface area (Å²) in [5.74, 6) is 0.259. The standard InChI is InChI=1S/C11H13FO2/c12-9-4-3-5-10(8-9)14-11-6-1-2-7-13-11/h3-5,8,11H,1-2,6-7H2/t11-/m1/s1. The smallest absolute Gasteiger partial charge is 0.199 e. The summed E-state index contributed by atoms with van der Waals surface area (Å²) in [5.41, 5.74) is 0. The van der Waals surface area contributed by atoms with E-state index in [0.29, 0.717) is 5.75 Å². The van der Waals surface area contributed by atoms with E-state index < -0.39 is 0 Å². The molecule has 0 saturated carbocycles. The second-order valence-corrected chi connectivity index (χ2v) is 3.37. The molecule has 0 N–H and O–H groups in total. The molecule has 0 radical (unpaired) electrons. The molecule has 2 rings (SSSR count). The maximum absolute atomic E-state index is 12.8. The Morgan fingerprint density at radius 3 is 3.00 bits per heavy atom. The van der Waals surface area contributed by atoms with Crippen molar-refractivity contribution < 1.29 is 13.9 Å². The van der Waals surface area contributed by atoms with E-state index in [-0.39, 0.29) is 12.1 Å². The molecule has 1 aliphatic rings. The fraction of sp³-hybridized carbons (Fsp3) is 0.455. The van der Waals surface area contributed by atoms with Crippen molar-refractivity contribution in [3.63, 3.8) is 0 Å². The van der Waals surface area contributed by atoms with Gasteiger partial charge in [0, 0.05) is 12.5 Å². The zero-order valence-corrected chi connectivity index (χ0v) is 7.91. The van der Waals surface area contributed by atoms with Crippen molar-refractivity contribution in [2.75, 3.05) is 6.61 Å². The first kappa shape index (κ1) is 9.46. The van der Waals surface area contributed by atoms with Gasteiger partial charge in [-0.15, -0.1) is 0 Å². The number of benzene rings is 1. The van der Waals surface area contributed by atoms with Crippen LogP contribution in [-0.4, -0.2) is 12.9 Å². The average Bonchev–Trinajstić information content (AvgIpc) is 2.19. The Balaban J connectivity index is 1.95. The Labute approximate surface area is 82.6 Å². The van der Waals surface area contributed by atoms with Crippen molar-refractivity contribution in [2.24, 2.45) is 0 Å². The van der Waals surface area contributed by atoms with E-state index in [4.69, 9.17) is 9.47 Å². The normalized spacial score (nSPS) is 21.9. The van der Waals surface area contributed by atoms with Gasteiger partial charge in [-0.05, 0) is 25.0 Å². The lowest BCUT2D eigenvalue weighted by Gasteiger charge is -2.23. The van der Waals surface area contributed by atoms with Gasteiger partial charge in [-0.25, -0.2) is 4.39 Å². The van der Waals surface area contributed by atoms with Crippen LogP contribution in [-0.2, 0) is 4.74 Å². The molecule has 3 heteroatoms. The zero-order chi connectivity index (χ0) is 9.80. The first-order valence-electron chi connectivity index (χ1n) is 4.88. The molecule has 76 valence electrons. The number of rotatable bonds is 2. The van der Waals surface area contributed by atoms with E-state index in [1.807, 2.05) is 0 Å². The maximum atomic E-state index is 12.8. The van der Waals surface area contributed by atoms with Gasteiger partial charge < -0.3 is 9.47 Å². The van der Waals surface area contributed by atoms with E-state index in [1.165, 1.54) is 12.1 Å². The van der Waals surface area contributed by atoms with E-state index >= 15 is 0 Å². The van der Waals surface area contributed by atoms with Gasteiger partial charge >= 0.3 is 0 Å². The molecule has 0 amide bonds. The summed E-state index contributed by atoms with van der Waals surface area (Å²) in [7, 11) is 0. The fourth-order valence-corrected chi connectivity index (χ4v) is 1.50. The summed E-state index contributed by atoms with van der Waals surface area (Å²) < 4.78 is 23.7. The van der Waals surface area contributed by atoms with Gasteiger partial charge in [0.1, 0.15) is 11.6 Å². The van der Waals surface area contributed by atoms with E-state index in [9.17, 15) is 4.39 Å². The first-order chi connectivity index (χ1) is 6.84. The molecule has 1 aromatic carbocycles. The average molecular weight is 196 g/mol. The Bertz CT molecular complexity index is 295. The summed E-state index contributed by atoms with van der Waals surface area (Å²) in [6.07, 6.45) is 2.88. The van der Waals surface area contributed by atoms with E-state index in [1.54, 1.807) is 12.1 Å². The minimum absolute atomic E-state index is 0.203. The van der Waals surface area contributed by atoms with Crippen molar-refractivity contribution in [1.82, 2.24) is 0 Å². The van der Waals surface area contributed by atoms with Gasteiger partial charge in [-0.1, -0.05) is 6.07 Å². The lowest BCUT2D eigenvalue weighted by molar-refractivity contribution is -0.106. The second kappa shape index (κ2) is 4.42. The van der Waals surface area contributed by atoms with Crippen LogP contribution < -0.4 is 4.74 Å². The number of halogens is 1. The molecule has 0 aromatic heterocycles. The second-order valence-electron chi connectivity index (χ2n) is 3.37. The molecule has 0 unspecified atom stereocenters. The molecular formula is C11H13FO2. The molecule has 14 heavy (non-hydrogen) atoms. The van der Waals surface area contributed by atoms with Crippen LogP contribution in [0.3, 0.4) is 0 Å². The van der Waals surface area contributed by atoms with Crippen molar-refractivity contribution in [2.45, 2.75) is 25.6 Å². The van der Waals surface area contributed by atoms with Crippen LogP contribution in [0.25, 0.3) is 0 Å². The molecule has 1 aromatic rings. The molecular weight excluding hydrogens is 183 g/mol. The SMILES string of the molecule is Fc1cccc(O[C@@H]2CCCCO2)c1. The molecule has 1 saturated heterocycles. The third kappa shape index (κ3) is 2.45. The number of hydrogen-bond donors (Lipinski definition) is 0. The highest BCUT2D eigenvalue weighted by molar-refractivity contribution is 5.22. The summed E-state index contributed by atoms with van der Waals surface area (Å²) in [5, 5.41) is 0. The molecule has 0 spiro atoms. The van der Waals surface area contributed by atoms with Gasteiger partial charge in [0.25, 0.3) is 0 Å². The Morgan fingerprint density at radius 1 is 1.36 bits per heavy atom. The molecule has 1 atom stereocenters. The van der Waals surface area contributed by atoms with Crippen LogP contribution in [0.4, 0.5) is 4.39 Å². The van der Waals surface area contributed by atoms with Gasteiger partial charge in [-0.3, -0.25) is 0 Å². The largest absolute Gasteiger partial charge is 0.465 e. The Hall–Kier alpha value is -1.09. The van der Waals surface area contributed by atoms with Crippen molar-refractivity contribution in [3.8, 4) is 5.75 Å². The molecule has 2 nitrogen and oxygen atoms in total. The number of hydrogen-bond acceptors (Lipinski definition) is 2. The third-order valence-electron chi connectivity index (χ3n) is 2.20. The third-order valence-corrected chi connectivity index (χ3v) is 2.20. The summed E-state index contributed by atoms with van der Waals surface area (Å²) >= 11 is 0. The highest BCUT2D eigenvalue weighted by atomic mass is 19.1. The van der Waals surface area contributed by atoms with Gasteiger partial charge in [0.15, 0.2) is 6.29 Å². The first-order valence-corrected chi connectivity index (χ1v) is 4.88. The molecule has 0 bridgehead atoms. The van der Waals surface area contributed by atoms with Crippen LogP contribution in [0.2, 0.25) is 0 Å². The highest BCUT2D eigenvalue weighted by Crippen LogP contribution is 2.19. The molecule has 0 aliphatic carbocycles. The molecule has 1 heterocycles. The topological polar surface area (TPSA) is 18.5 Å². The van der Waals surface area contributed by atoms with Crippen LogP contribution >= 0.6 is 0 Å². The van der Waals surface area contributed by atoms with Crippen LogP contribution in [0.15, 0.2) is 24.3 Å². The van der Waals surface area contributed by atoms with Crippen molar-refractivity contribution in [3.05, 3.63) is 30.1 Å². The van der Waals surface area contributed by atoms with Gasteiger partial charge in [-0.2, -0.15) is 0 Å².